The Bertz CT molecular complexity index is 1080. The SMILES string of the molecule is COc1ccc2c(c1)c(Cl)c(-c1cn(C)cn1)n2-c1ccc(CN)cc1. The highest BCUT2D eigenvalue weighted by Gasteiger charge is 2.20. The van der Waals surface area contributed by atoms with Crippen molar-refractivity contribution >= 4 is 22.5 Å². The molecule has 2 aromatic heterocycles. The first kappa shape index (κ1) is 16.7. The van der Waals surface area contributed by atoms with E-state index in [-0.39, 0.29) is 0 Å². The molecule has 4 rings (SSSR count). The third kappa shape index (κ3) is 2.66. The molecule has 0 aliphatic rings. The molecule has 0 radical (unpaired) electrons. The predicted molar refractivity (Wildman–Crippen MR) is 105 cm³/mol. The summed E-state index contributed by atoms with van der Waals surface area (Å²) in [5.74, 6) is 0.766. The van der Waals surface area contributed by atoms with Crippen molar-refractivity contribution in [2.45, 2.75) is 6.54 Å². The third-order valence-electron chi connectivity index (χ3n) is 4.49. The Hall–Kier alpha value is -2.76. The number of aryl methyl sites for hydroxylation is 1. The Balaban J connectivity index is 2.04. The maximum Gasteiger partial charge on any atom is 0.119 e. The number of fused-ring (bicyclic) bond motifs is 1. The van der Waals surface area contributed by atoms with E-state index in [0.717, 1.165) is 39.3 Å². The fraction of sp³-hybridized carbons (Fsp3) is 0.150. The van der Waals surface area contributed by atoms with Crippen LogP contribution in [-0.4, -0.2) is 21.2 Å². The van der Waals surface area contributed by atoms with Gasteiger partial charge in [-0.05, 0) is 35.9 Å². The number of nitrogens with zero attached hydrogens (tertiary/aromatic N) is 3. The Morgan fingerprint density at radius 1 is 1.15 bits per heavy atom. The van der Waals surface area contributed by atoms with Crippen LogP contribution >= 0.6 is 11.6 Å². The van der Waals surface area contributed by atoms with E-state index >= 15 is 0 Å². The van der Waals surface area contributed by atoms with E-state index in [1.54, 1.807) is 13.4 Å². The van der Waals surface area contributed by atoms with Gasteiger partial charge < -0.3 is 19.6 Å². The zero-order valence-corrected chi connectivity index (χ0v) is 15.4. The number of benzene rings is 2. The van der Waals surface area contributed by atoms with Crippen LogP contribution in [0.25, 0.3) is 28.0 Å². The van der Waals surface area contributed by atoms with Gasteiger partial charge in [0.1, 0.15) is 11.4 Å². The van der Waals surface area contributed by atoms with Crippen molar-refractivity contribution in [2.75, 3.05) is 7.11 Å². The summed E-state index contributed by atoms with van der Waals surface area (Å²) in [6.07, 6.45) is 3.73. The molecular formula is C20H19ClN4O. The number of hydrogen-bond acceptors (Lipinski definition) is 3. The Morgan fingerprint density at radius 2 is 1.92 bits per heavy atom. The second-order valence-corrected chi connectivity index (χ2v) is 6.55. The van der Waals surface area contributed by atoms with Gasteiger partial charge in [-0.15, -0.1) is 0 Å². The van der Waals surface area contributed by atoms with Gasteiger partial charge in [-0.2, -0.15) is 0 Å². The monoisotopic (exact) mass is 366 g/mol. The van der Waals surface area contributed by atoms with Gasteiger partial charge in [0.15, 0.2) is 0 Å². The molecule has 0 fully saturated rings. The molecule has 0 saturated carbocycles. The van der Waals surface area contributed by atoms with Crippen molar-refractivity contribution in [1.29, 1.82) is 0 Å². The van der Waals surface area contributed by atoms with Gasteiger partial charge >= 0.3 is 0 Å². The molecule has 2 N–H and O–H groups in total. The Labute approximate surface area is 156 Å². The third-order valence-corrected chi connectivity index (χ3v) is 4.87. The zero-order valence-electron chi connectivity index (χ0n) is 14.6. The van der Waals surface area contributed by atoms with Gasteiger partial charge in [0.25, 0.3) is 0 Å². The van der Waals surface area contributed by atoms with Crippen LogP contribution in [0.3, 0.4) is 0 Å². The minimum Gasteiger partial charge on any atom is -0.497 e. The van der Waals surface area contributed by atoms with Crippen LogP contribution in [0.5, 0.6) is 5.75 Å². The zero-order chi connectivity index (χ0) is 18.3. The average molecular weight is 367 g/mol. The van der Waals surface area contributed by atoms with Crippen molar-refractivity contribution in [2.24, 2.45) is 12.8 Å². The van der Waals surface area contributed by atoms with Crippen LogP contribution in [0.15, 0.2) is 55.0 Å². The molecule has 26 heavy (non-hydrogen) atoms. The first-order valence-corrected chi connectivity index (χ1v) is 8.66. The summed E-state index contributed by atoms with van der Waals surface area (Å²) >= 11 is 6.80. The molecule has 6 heteroatoms. The van der Waals surface area contributed by atoms with E-state index in [1.165, 1.54) is 0 Å². The summed E-state index contributed by atoms with van der Waals surface area (Å²) in [6.45, 7) is 0.512. The Kier molecular flexibility index (Phi) is 4.18. The van der Waals surface area contributed by atoms with Crippen LogP contribution in [-0.2, 0) is 13.6 Å². The average Bonchev–Trinajstić information content (AvgIpc) is 3.22. The van der Waals surface area contributed by atoms with Crippen LogP contribution in [0, 0.1) is 0 Å². The minimum absolute atomic E-state index is 0.512. The van der Waals surface area contributed by atoms with Crippen LogP contribution < -0.4 is 10.5 Å². The number of aromatic nitrogens is 3. The van der Waals surface area contributed by atoms with Gasteiger partial charge in [-0.3, -0.25) is 0 Å². The molecule has 0 atom stereocenters. The molecule has 0 bridgehead atoms. The number of halogens is 1. The number of rotatable bonds is 4. The lowest BCUT2D eigenvalue weighted by molar-refractivity contribution is 0.415. The van der Waals surface area contributed by atoms with Gasteiger partial charge in [0, 0.05) is 30.9 Å². The maximum atomic E-state index is 6.80. The van der Waals surface area contributed by atoms with Crippen LogP contribution in [0.1, 0.15) is 5.56 Å². The second-order valence-electron chi connectivity index (χ2n) is 6.18. The molecule has 0 amide bonds. The molecule has 132 valence electrons. The number of nitrogens with two attached hydrogens (primary N) is 1. The number of ether oxygens (including phenoxy) is 1. The largest absolute Gasteiger partial charge is 0.497 e. The van der Waals surface area contributed by atoms with Gasteiger partial charge in [0.2, 0.25) is 0 Å². The fourth-order valence-corrected chi connectivity index (χ4v) is 3.50. The molecule has 0 aliphatic heterocycles. The van der Waals surface area contributed by atoms with E-state index < -0.39 is 0 Å². The molecule has 2 heterocycles. The van der Waals surface area contributed by atoms with E-state index in [4.69, 9.17) is 22.1 Å². The first-order chi connectivity index (χ1) is 12.6. The molecule has 5 nitrogen and oxygen atoms in total. The van der Waals surface area contributed by atoms with Gasteiger partial charge in [0.05, 0.1) is 29.7 Å². The summed E-state index contributed by atoms with van der Waals surface area (Å²) in [5, 5.41) is 1.58. The van der Waals surface area contributed by atoms with E-state index in [0.29, 0.717) is 11.6 Å². The van der Waals surface area contributed by atoms with Gasteiger partial charge in [-0.25, -0.2) is 4.98 Å². The topological polar surface area (TPSA) is 58.0 Å². The van der Waals surface area contributed by atoms with Crippen molar-refractivity contribution in [3.05, 3.63) is 65.6 Å². The second kappa shape index (κ2) is 6.52. The van der Waals surface area contributed by atoms with Crippen molar-refractivity contribution in [1.82, 2.24) is 14.1 Å². The summed E-state index contributed by atoms with van der Waals surface area (Å²) in [7, 11) is 3.59. The summed E-state index contributed by atoms with van der Waals surface area (Å²) in [5.41, 5.74) is 10.5. The Morgan fingerprint density at radius 3 is 2.54 bits per heavy atom. The maximum absolute atomic E-state index is 6.80. The highest BCUT2D eigenvalue weighted by atomic mass is 35.5. The van der Waals surface area contributed by atoms with Crippen molar-refractivity contribution in [3.8, 4) is 22.8 Å². The van der Waals surface area contributed by atoms with Crippen molar-refractivity contribution < 1.29 is 4.74 Å². The summed E-state index contributed by atoms with van der Waals surface area (Å²) in [4.78, 5) is 4.51. The highest BCUT2D eigenvalue weighted by molar-refractivity contribution is 6.38. The lowest BCUT2D eigenvalue weighted by Gasteiger charge is -2.11. The first-order valence-electron chi connectivity index (χ1n) is 8.28. The van der Waals surface area contributed by atoms with E-state index in [1.807, 2.05) is 48.1 Å². The quantitative estimate of drug-likeness (QED) is 0.590. The lowest BCUT2D eigenvalue weighted by atomic mass is 10.2. The number of methoxy groups -OCH3 is 1. The van der Waals surface area contributed by atoms with Crippen molar-refractivity contribution in [3.63, 3.8) is 0 Å². The predicted octanol–water partition coefficient (Wildman–Crippen LogP) is 4.15. The normalized spacial score (nSPS) is 11.2. The molecule has 0 aliphatic carbocycles. The number of hydrogen-bond donors (Lipinski definition) is 1. The van der Waals surface area contributed by atoms with Crippen LogP contribution in [0.4, 0.5) is 0 Å². The van der Waals surface area contributed by atoms with Gasteiger partial charge in [-0.1, -0.05) is 23.7 Å². The summed E-state index contributed by atoms with van der Waals surface area (Å²) in [6, 6.07) is 14.1. The van der Waals surface area contributed by atoms with E-state index in [9.17, 15) is 0 Å². The standard InChI is InChI=1S/C20H19ClN4O/c1-24-11-17(23-12-24)20-19(21)16-9-15(26-2)7-8-18(16)25(20)14-5-3-13(10-22)4-6-14/h3-9,11-12H,10,22H2,1-2H3. The fourth-order valence-electron chi connectivity index (χ4n) is 3.17. The molecule has 4 aromatic rings. The summed E-state index contributed by atoms with van der Waals surface area (Å²) < 4.78 is 9.40. The molecule has 0 saturated heterocycles. The number of imidazole rings is 1. The lowest BCUT2D eigenvalue weighted by Crippen LogP contribution is -2.00. The molecular weight excluding hydrogens is 348 g/mol. The highest BCUT2D eigenvalue weighted by Crippen LogP contribution is 2.40. The molecule has 0 unspecified atom stereocenters. The molecule has 0 spiro atoms. The smallest absolute Gasteiger partial charge is 0.119 e. The molecule has 2 aromatic carbocycles. The van der Waals surface area contributed by atoms with E-state index in [2.05, 4.69) is 21.7 Å². The van der Waals surface area contributed by atoms with Crippen LogP contribution in [0.2, 0.25) is 5.02 Å². The minimum atomic E-state index is 0.512.